The fraction of sp³-hybridized carbons (Fsp3) is 0.688. The number of hydrogen-bond acceptors (Lipinski definition) is 2. The van der Waals surface area contributed by atoms with Gasteiger partial charge in [0.25, 0.3) is 0 Å². The van der Waals surface area contributed by atoms with Gasteiger partial charge in [0.05, 0.1) is 0 Å². The van der Waals surface area contributed by atoms with E-state index < -0.39 is 0 Å². The minimum absolute atomic E-state index is 0.523. The molecule has 0 aliphatic heterocycles. The molecule has 3 heteroatoms. The maximum atomic E-state index is 6.00. The van der Waals surface area contributed by atoms with E-state index in [-0.39, 0.29) is 0 Å². The lowest BCUT2D eigenvalue weighted by Gasteiger charge is -2.30. The lowest BCUT2D eigenvalue weighted by Crippen LogP contribution is -2.34. The average Bonchev–Trinajstić information content (AvgIpc) is 2.46. The first-order valence-electron chi connectivity index (χ1n) is 7.48. The van der Waals surface area contributed by atoms with Gasteiger partial charge in [-0.2, -0.15) is 0 Å². The van der Waals surface area contributed by atoms with Crippen LogP contribution in [0.3, 0.4) is 0 Å². The van der Waals surface area contributed by atoms with Crippen molar-refractivity contribution in [1.82, 2.24) is 4.98 Å². The molecule has 1 rings (SSSR count). The van der Waals surface area contributed by atoms with Gasteiger partial charge in [-0.25, -0.2) is 4.98 Å². The quantitative estimate of drug-likeness (QED) is 0.638. The maximum Gasteiger partial charge on any atom is 0.129 e. The lowest BCUT2D eigenvalue weighted by atomic mass is 10.1. The molecule has 1 atom stereocenters. The van der Waals surface area contributed by atoms with Crippen LogP contribution in [0.5, 0.6) is 0 Å². The number of hydrogen-bond donors (Lipinski definition) is 0. The zero-order chi connectivity index (χ0) is 14.3. The topological polar surface area (TPSA) is 16.1 Å². The standard InChI is InChI=1S/C16H27ClN2/c1-5-8-9-19(13(4)6-2)16-11-14(12-17)10-15(7-3)18-16/h10-11,13H,5-9,12H2,1-4H3. The molecule has 0 aliphatic carbocycles. The summed E-state index contributed by atoms with van der Waals surface area (Å²) in [6.07, 6.45) is 4.51. The molecular formula is C16H27ClN2. The third-order valence-electron chi connectivity index (χ3n) is 3.61. The first-order chi connectivity index (χ1) is 9.15. The van der Waals surface area contributed by atoms with Crippen molar-refractivity contribution < 1.29 is 0 Å². The summed E-state index contributed by atoms with van der Waals surface area (Å²) in [7, 11) is 0. The van der Waals surface area contributed by atoms with Crippen molar-refractivity contribution in [1.29, 1.82) is 0 Å². The Labute approximate surface area is 123 Å². The van der Waals surface area contributed by atoms with Crippen molar-refractivity contribution in [2.45, 2.75) is 65.3 Å². The maximum absolute atomic E-state index is 6.00. The van der Waals surface area contributed by atoms with E-state index in [4.69, 9.17) is 16.6 Å². The predicted octanol–water partition coefficient (Wildman–Crippen LogP) is 4.79. The van der Waals surface area contributed by atoms with Crippen molar-refractivity contribution in [2.75, 3.05) is 11.4 Å². The molecule has 0 fully saturated rings. The number of alkyl halides is 1. The van der Waals surface area contributed by atoms with Crippen molar-refractivity contribution in [3.05, 3.63) is 23.4 Å². The molecule has 1 aromatic heterocycles. The van der Waals surface area contributed by atoms with Gasteiger partial charge in [0, 0.05) is 24.2 Å². The number of aryl methyl sites for hydroxylation is 1. The van der Waals surface area contributed by atoms with Crippen LogP contribution in [-0.2, 0) is 12.3 Å². The second-order valence-electron chi connectivity index (χ2n) is 5.12. The van der Waals surface area contributed by atoms with Crippen molar-refractivity contribution in [3.8, 4) is 0 Å². The summed E-state index contributed by atoms with van der Waals surface area (Å²) in [5, 5.41) is 0. The van der Waals surface area contributed by atoms with Gasteiger partial charge >= 0.3 is 0 Å². The number of unbranched alkanes of at least 4 members (excludes halogenated alkanes) is 1. The number of pyridine rings is 1. The fourth-order valence-corrected chi connectivity index (χ4v) is 2.30. The van der Waals surface area contributed by atoms with Gasteiger partial charge < -0.3 is 4.90 Å². The highest BCUT2D eigenvalue weighted by Gasteiger charge is 2.15. The molecular weight excluding hydrogens is 256 g/mol. The molecule has 2 nitrogen and oxygen atoms in total. The zero-order valence-electron chi connectivity index (χ0n) is 12.7. The average molecular weight is 283 g/mol. The second-order valence-corrected chi connectivity index (χ2v) is 5.38. The normalized spacial score (nSPS) is 12.5. The van der Waals surface area contributed by atoms with Crippen LogP contribution < -0.4 is 4.90 Å². The summed E-state index contributed by atoms with van der Waals surface area (Å²) >= 11 is 6.00. The number of halogens is 1. The van der Waals surface area contributed by atoms with Gasteiger partial charge in [0.15, 0.2) is 0 Å². The van der Waals surface area contributed by atoms with Gasteiger partial charge in [-0.1, -0.05) is 27.2 Å². The molecule has 0 amide bonds. The number of aromatic nitrogens is 1. The summed E-state index contributed by atoms with van der Waals surface area (Å²) in [4.78, 5) is 7.22. The number of rotatable bonds is 8. The fourth-order valence-electron chi connectivity index (χ4n) is 2.15. The van der Waals surface area contributed by atoms with E-state index in [2.05, 4.69) is 44.7 Å². The molecule has 0 spiro atoms. The van der Waals surface area contributed by atoms with Crippen LogP contribution in [0, 0.1) is 0 Å². The number of nitrogens with zero attached hydrogens (tertiary/aromatic N) is 2. The van der Waals surface area contributed by atoms with E-state index in [9.17, 15) is 0 Å². The molecule has 0 bridgehead atoms. The second kappa shape index (κ2) is 8.42. The molecule has 0 saturated heterocycles. The van der Waals surface area contributed by atoms with Crippen molar-refractivity contribution in [2.24, 2.45) is 0 Å². The SMILES string of the molecule is CCCCN(c1cc(CCl)cc(CC)n1)C(C)CC. The largest absolute Gasteiger partial charge is 0.354 e. The Bertz CT molecular complexity index is 357. The van der Waals surface area contributed by atoms with Gasteiger partial charge in [0.1, 0.15) is 5.82 Å². The Balaban J connectivity index is 3.05. The smallest absolute Gasteiger partial charge is 0.129 e. The van der Waals surface area contributed by atoms with E-state index in [1.807, 2.05) is 0 Å². The van der Waals surface area contributed by atoms with Crippen molar-refractivity contribution >= 4 is 17.4 Å². The molecule has 0 radical (unpaired) electrons. The van der Waals surface area contributed by atoms with Crippen LogP contribution in [0.4, 0.5) is 5.82 Å². The van der Waals surface area contributed by atoms with Crippen LogP contribution in [0.15, 0.2) is 12.1 Å². The number of anilines is 1. The Hall–Kier alpha value is -0.760. The molecule has 108 valence electrons. The van der Waals surface area contributed by atoms with E-state index in [1.54, 1.807) is 0 Å². The Morgan fingerprint density at radius 2 is 2.00 bits per heavy atom. The summed E-state index contributed by atoms with van der Waals surface area (Å²) in [5.74, 6) is 1.66. The van der Waals surface area contributed by atoms with Gasteiger partial charge in [-0.15, -0.1) is 11.6 Å². The van der Waals surface area contributed by atoms with Gasteiger partial charge in [-0.05, 0) is 43.9 Å². The summed E-state index contributed by atoms with van der Waals surface area (Å²) in [6.45, 7) is 9.96. The third kappa shape index (κ3) is 4.68. The van der Waals surface area contributed by atoms with E-state index >= 15 is 0 Å². The predicted molar refractivity (Wildman–Crippen MR) is 85.2 cm³/mol. The molecule has 1 aromatic rings. The van der Waals surface area contributed by atoms with Crippen LogP contribution in [0.25, 0.3) is 0 Å². The molecule has 0 saturated carbocycles. The first kappa shape index (κ1) is 16.3. The third-order valence-corrected chi connectivity index (χ3v) is 3.92. The van der Waals surface area contributed by atoms with E-state index in [0.29, 0.717) is 11.9 Å². The van der Waals surface area contributed by atoms with Crippen LogP contribution in [-0.4, -0.2) is 17.6 Å². The highest BCUT2D eigenvalue weighted by atomic mass is 35.5. The minimum atomic E-state index is 0.523. The molecule has 0 N–H and O–H groups in total. The van der Waals surface area contributed by atoms with Gasteiger partial charge in [-0.3, -0.25) is 0 Å². The molecule has 0 aromatic carbocycles. The minimum Gasteiger partial charge on any atom is -0.354 e. The Morgan fingerprint density at radius 3 is 2.53 bits per heavy atom. The van der Waals surface area contributed by atoms with Crippen LogP contribution in [0.1, 0.15) is 58.2 Å². The highest BCUT2D eigenvalue weighted by molar-refractivity contribution is 6.17. The Kier molecular flexibility index (Phi) is 7.22. The monoisotopic (exact) mass is 282 g/mol. The highest BCUT2D eigenvalue weighted by Crippen LogP contribution is 2.21. The van der Waals surface area contributed by atoms with Crippen LogP contribution in [0.2, 0.25) is 0 Å². The molecule has 1 heterocycles. The molecule has 1 unspecified atom stereocenters. The van der Waals surface area contributed by atoms with Crippen LogP contribution >= 0.6 is 11.6 Å². The van der Waals surface area contributed by atoms with Gasteiger partial charge in [0.2, 0.25) is 0 Å². The van der Waals surface area contributed by atoms with E-state index in [0.717, 1.165) is 30.9 Å². The summed E-state index contributed by atoms with van der Waals surface area (Å²) in [5.41, 5.74) is 2.31. The van der Waals surface area contributed by atoms with E-state index in [1.165, 1.54) is 18.4 Å². The molecule has 19 heavy (non-hydrogen) atoms. The zero-order valence-corrected chi connectivity index (χ0v) is 13.5. The van der Waals surface area contributed by atoms with Crippen molar-refractivity contribution in [3.63, 3.8) is 0 Å². The lowest BCUT2D eigenvalue weighted by molar-refractivity contribution is 0.588. The first-order valence-corrected chi connectivity index (χ1v) is 8.02. The summed E-state index contributed by atoms with van der Waals surface area (Å²) in [6, 6.07) is 4.79. The molecule has 0 aliphatic rings. The summed E-state index contributed by atoms with van der Waals surface area (Å²) < 4.78 is 0. The Morgan fingerprint density at radius 1 is 1.26 bits per heavy atom.